The van der Waals surface area contributed by atoms with E-state index in [2.05, 4.69) is 33.9 Å². The van der Waals surface area contributed by atoms with Gasteiger partial charge in [0.25, 0.3) is 0 Å². The zero-order chi connectivity index (χ0) is 20.9. The lowest BCUT2D eigenvalue weighted by Crippen LogP contribution is -2.48. The molecule has 3 fully saturated rings. The second-order valence-electron chi connectivity index (χ2n) is 10.3. The molecule has 3 aliphatic rings. The number of hydrogen-bond acceptors (Lipinski definition) is 6. The van der Waals surface area contributed by atoms with Crippen LogP contribution >= 0.6 is 0 Å². The first-order chi connectivity index (χ1) is 13.7. The van der Waals surface area contributed by atoms with Crippen LogP contribution in [0.25, 0.3) is 0 Å². The summed E-state index contributed by atoms with van der Waals surface area (Å²) in [6.45, 7) is 15.0. The van der Waals surface area contributed by atoms with E-state index < -0.39 is 8.32 Å². The second-order valence-corrected chi connectivity index (χ2v) is 15.0. The Bertz CT molecular complexity index is 484. The molecule has 0 aromatic carbocycles. The van der Waals surface area contributed by atoms with Crippen LogP contribution in [0.1, 0.15) is 59.3 Å². The van der Waals surface area contributed by atoms with Gasteiger partial charge >= 0.3 is 0 Å². The predicted octanol–water partition coefficient (Wildman–Crippen LogP) is 4.27. The fourth-order valence-electron chi connectivity index (χ4n) is 3.77. The maximum atomic E-state index is 6.72. The van der Waals surface area contributed by atoms with Crippen LogP contribution in [0, 0.1) is 0 Å². The van der Waals surface area contributed by atoms with Crippen LogP contribution in [0.5, 0.6) is 0 Å². The summed E-state index contributed by atoms with van der Waals surface area (Å²) in [6.07, 6.45) is 6.89. The van der Waals surface area contributed by atoms with Crippen molar-refractivity contribution in [1.29, 1.82) is 0 Å². The summed E-state index contributed by atoms with van der Waals surface area (Å²) in [4.78, 5) is 0. The summed E-state index contributed by atoms with van der Waals surface area (Å²) >= 11 is 0. The molecule has 6 nitrogen and oxygen atoms in total. The van der Waals surface area contributed by atoms with Crippen LogP contribution in [-0.2, 0) is 28.1 Å². The van der Waals surface area contributed by atoms with Crippen LogP contribution in [-0.4, -0.2) is 72.1 Å². The zero-order valence-corrected chi connectivity index (χ0v) is 20.1. The smallest absolute Gasteiger partial charge is 0.192 e. The Hall–Kier alpha value is -0.0231. The monoisotopic (exact) mass is 430 g/mol. The molecule has 2 aliphatic heterocycles. The van der Waals surface area contributed by atoms with Crippen LogP contribution in [0.2, 0.25) is 18.1 Å². The maximum absolute atomic E-state index is 6.72. The highest BCUT2D eigenvalue weighted by molar-refractivity contribution is 6.74. The molecule has 0 spiro atoms. The lowest BCUT2D eigenvalue weighted by molar-refractivity contribution is -0.174. The second kappa shape index (κ2) is 10.5. The highest BCUT2D eigenvalue weighted by Crippen LogP contribution is 2.39. The molecule has 2 saturated heterocycles. The van der Waals surface area contributed by atoms with Crippen molar-refractivity contribution >= 4 is 8.32 Å². The van der Waals surface area contributed by atoms with Crippen LogP contribution < -0.4 is 0 Å². The SMILES string of the molecule is CC(C)(C)[Si](C)(C)OC1CC(OCCOC2CCCCO2)CC(OCC2CO2)C1. The Morgan fingerprint density at radius 3 is 2.14 bits per heavy atom. The van der Waals surface area contributed by atoms with Crippen molar-refractivity contribution in [3.8, 4) is 0 Å². The van der Waals surface area contributed by atoms with Gasteiger partial charge in [0.1, 0.15) is 6.10 Å². The molecule has 0 aromatic heterocycles. The summed E-state index contributed by atoms with van der Waals surface area (Å²) < 4.78 is 35.8. The summed E-state index contributed by atoms with van der Waals surface area (Å²) in [7, 11) is -1.82. The fraction of sp³-hybridized carbons (Fsp3) is 1.00. The minimum atomic E-state index is -1.82. The van der Waals surface area contributed by atoms with E-state index in [1.807, 2.05) is 0 Å². The van der Waals surface area contributed by atoms with Gasteiger partial charge in [0, 0.05) is 12.7 Å². The predicted molar refractivity (Wildman–Crippen MR) is 115 cm³/mol. The Kier molecular flexibility index (Phi) is 8.58. The van der Waals surface area contributed by atoms with Gasteiger partial charge in [-0.2, -0.15) is 0 Å². The topological polar surface area (TPSA) is 58.7 Å². The highest BCUT2D eigenvalue weighted by atomic mass is 28.4. The van der Waals surface area contributed by atoms with Crippen molar-refractivity contribution in [2.45, 2.75) is 108 Å². The van der Waals surface area contributed by atoms with Crippen molar-refractivity contribution in [3.05, 3.63) is 0 Å². The van der Waals surface area contributed by atoms with E-state index in [4.69, 9.17) is 28.1 Å². The minimum absolute atomic E-state index is 0.0528. The maximum Gasteiger partial charge on any atom is 0.192 e. The van der Waals surface area contributed by atoms with Gasteiger partial charge in [0.05, 0.1) is 38.6 Å². The van der Waals surface area contributed by atoms with Gasteiger partial charge in [-0.15, -0.1) is 0 Å². The standard InChI is InChI=1S/C22H42O6Si/c1-22(2,3)29(4,5)28-19-13-17(12-18(14-19)26-15-20-16-27-20)23-10-11-25-21-8-6-7-9-24-21/h17-21H,6-16H2,1-5H3. The molecule has 0 aromatic rings. The minimum Gasteiger partial charge on any atom is -0.414 e. The van der Waals surface area contributed by atoms with Gasteiger partial charge in [0.2, 0.25) is 0 Å². The molecule has 1 aliphatic carbocycles. The highest BCUT2D eigenvalue weighted by Gasteiger charge is 2.42. The van der Waals surface area contributed by atoms with Crippen molar-refractivity contribution in [3.63, 3.8) is 0 Å². The molecule has 2 heterocycles. The Morgan fingerprint density at radius 2 is 1.52 bits per heavy atom. The van der Waals surface area contributed by atoms with Gasteiger partial charge < -0.3 is 28.1 Å². The van der Waals surface area contributed by atoms with E-state index >= 15 is 0 Å². The molecule has 5 atom stereocenters. The van der Waals surface area contributed by atoms with Gasteiger partial charge in [-0.1, -0.05) is 20.8 Å². The average Bonchev–Trinajstić information content (AvgIpc) is 3.48. The van der Waals surface area contributed by atoms with E-state index in [1.165, 1.54) is 6.42 Å². The van der Waals surface area contributed by atoms with Crippen LogP contribution in [0.3, 0.4) is 0 Å². The third kappa shape index (κ3) is 7.87. The van der Waals surface area contributed by atoms with Gasteiger partial charge in [0.15, 0.2) is 14.6 Å². The Balaban J connectivity index is 1.46. The normalized spacial score (nSPS) is 33.6. The molecule has 0 bridgehead atoms. The Labute approximate surface area is 178 Å². The van der Waals surface area contributed by atoms with Gasteiger partial charge in [-0.25, -0.2) is 0 Å². The molecule has 7 heteroatoms. The summed E-state index contributed by atoms with van der Waals surface area (Å²) in [5.74, 6) is 0. The van der Waals surface area contributed by atoms with Crippen molar-refractivity contribution < 1.29 is 28.1 Å². The molecule has 0 amide bonds. The van der Waals surface area contributed by atoms with Crippen LogP contribution in [0.15, 0.2) is 0 Å². The fourth-order valence-corrected chi connectivity index (χ4v) is 5.15. The molecular weight excluding hydrogens is 388 g/mol. The van der Waals surface area contributed by atoms with Crippen molar-refractivity contribution in [2.75, 3.05) is 33.0 Å². The average molecular weight is 431 g/mol. The zero-order valence-electron chi connectivity index (χ0n) is 19.1. The summed E-state index contributed by atoms with van der Waals surface area (Å²) in [5.41, 5.74) is 0. The van der Waals surface area contributed by atoms with Gasteiger partial charge in [-0.05, 0) is 56.7 Å². The van der Waals surface area contributed by atoms with E-state index in [1.54, 1.807) is 0 Å². The third-order valence-corrected chi connectivity index (χ3v) is 11.2. The first-order valence-electron chi connectivity index (χ1n) is 11.5. The molecular formula is C22H42O6Si. The quantitative estimate of drug-likeness (QED) is 0.293. The lowest BCUT2D eigenvalue weighted by atomic mass is 9.92. The molecule has 29 heavy (non-hydrogen) atoms. The lowest BCUT2D eigenvalue weighted by Gasteiger charge is -2.43. The molecule has 5 unspecified atom stereocenters. The molecule has 3 rings (SSSR count). The number of rotatable bonds is 10. The first kappa shape index (κ1) is 23.6. The van der Waals surface area contributed by atoms with E-state index in [0.29, 0.717) is 25.9 Å². The van der Waals surface area contributed by atoms with Crippen LogP contribution in [0.4, 0.5) is 0 Å². The van der Waals surface area contributed by atoms with Crippen molar-refractivity contribution in [1.82, 2.24) is 0 Å². The number of epoxide rings is 1. The first-order valence-corrected chi connectivity index (χ1v) is 14.4. The largest absolute Gasteiger partial charge is 0.414 e. The van der Waals surface area contributed by atoms with Gasteiger partial charge in [-0.3, -0.25) is 0 Å². The van der Waals surface area contributed by atoms with E-state index in [9.17, 15) is 0 Å². The van der Waals surface area contributed by atoms with E-state index in [0.717, 1.165) is 45.3 Å². The third-order valence-electron chi connectivity index (χ3n) is 6.64. The summed E-state index contributed by atoms with van der Waals surface area (Å²) in [5, 5.41) is 0.201. The molecule has 1 saturated carbocycles. The number of hydrogen-bond donors (Lipinski definition) is 0. The molecule has 0 radical (unpaired) electrons. The molecule has 170 valence electrons. The summed E-state index contributed by atoms with van der Waals surface area (Å²) in [6, 6.07) is 0. The van der Waals surface area contributed by atoms with Crippen molar-refractivity contribution in [2.24, 2.45) is 0 Å². The molecule has 0 N–H and O–H groups in total. The van der Waals surface area contributed by atoms with E-state index in [-0.39, 0.29) is 29.6 Å². The number of ether oxygens (including phenoxy) is 5. The Morgan fingerprint density at radius 1 is 0.862 bits per heavy atom.